The predicted octanol–water partition coefficient (Wildman–Crippen LogP) is 1.86. The molecule has 3 N–H and O–H groups in total. The van der Waals surface area contributed by atoms with Crippen LogP contribution in [0.2, 0.25) is 0 Å². The van der Waals surface area contributed by atoms with E-state index < -0.39 is 22.7 Å². The van der Waals surface area contributed by atoms with Crippen molar-refractivity contribution in [3.05, 3.63) is 50.8 Å². The van der Waals surface area contributed by atoms with Crippen molar-refractivity contribution in [1.82, 2.24) is 0 Å². The second-order valence-corrected chi connectivity index (χ2v) is 6.84. The molecule has 1 aliphatic heterocycles. The number of amides is 2. The van der Waals surface area contributed by atoms with Gasteiger partial charge in [-0.15, -0.1) is 0 Å². The molecule has 0 unspecified atom stereocenters. The number of ether oxygens (including phenoxy) is 2. The molecular formula is C20H22N4O8. The van der Waals surface area contributed by atoms with Crippen molar-refractivity contribution < 1.29 is 33.2 Å². The number of anilines is 2. The summed E-state index contributed by atoms with van der Waals surface area (Å²) in [5.74, 6) is -2.93. The summed E-state index contributed by atoms with van der Waals surface area (Å²) in [5.41, 5.74) is 4.92. The van der Waals surface area contributed by atoms with Crippen LogP contribution in [-0.2, 0) is 9.47 Å². The number of rotatable bonds is 7. The largest absolute Gasteiger partial charge is 0.462 e. The third kappa shape index (κ3) is 4.54. The number of primary amides is 1. The van der Waals surface area contributed by atoms with Crippen LogP contribution in [0.4, 0.5) is 17.3 Å². The number of hydrogen-bond acceptors (Lipinski definition) is 9. The lowest BCUT2D eigenvalue weighted by molar-refractivity contribution is -0.384. The average molecular weight is 446 g/mol. The first-order valence-electron chi connectivity index (χ1n) is 9.77. The summed E-state index contributed by atoms with van der Waals surface area (Å²) >= 11 is 0. The van der Waals surface area contributed by atoms with Crippen LogP contribution in [0.1, 0.15) is 43.8 Å². The minimum Gasteiger partial charge on any atom is -0.462 e. The molecule has 1 aliphatic rings. The smallest absolute Gasteiger partial charge is 0.342 e. The molecule has 0 saturated carbocycles. The Balaban J connectivity index is 1.93. The highest BCUT2D eigenvalue weighted by molar-refractivity contribution is 6.12. The van der Waals surface area contributed by atoms with E-state index in [1.165, 1.54) is 19.1 Å². The Kier molecular flexibility index (Phi) is 6.73. The van der Waals surface area contributed by atoms with Crippen LogP contribution >= 0.6 is 0 Å². The zero-order valence-corrected chi connectivity index (χ0v) is 17.5. The van der Waals surface area contributed by atoms with Crippen LogP contribution in [0, 0.1) is 17.0 Å². The number of carbonyl (C=O) groups excluding carboxylic acids is 3. The van der Waals surface area contributed by atoms with Crippen LogP contribution in [0.3, 0.4) is 0 Å². The summed E-state index contributed by atoms with van der Waals surface area (Å²) in [4.78, 5) is 49.7. The molecule has 1 saturated heterocycles. The number of nitro groups is 1. The van der Waals surface area contributed by atoms with Crippen LogP contribution in [0.25, 0.3) is 0 Å². The summed E-state index contributed by atoms with van der Waals surface area (Å²) in [6.07, 6.45) is 0. The molecule has 1 aromatic heterocycles. The zero-order chi connectivity index (χ0) is 23.4. The lowest BCUT2D eigenvalue weighted by Crippen LogP contribution is -2.36. The summed E-state index contributed by atoms with van der Waals surface area (Å²) in [6, 6.07) is 4.02. The van der Waals surface area contributed by atoms with Crippen molar-refractivity contribution in [3.63, 3.8) is 0 Å². The summed E-state index contributed by atoms with van der Waals surface area (Å²) in [6.45, 7) is 4.91. The molecule has 0 spiro atoms. The molecule has 2 aromatic rings. The number of benzene rings is 1. The number of nitrogens with one attached hydrogen (secondary N) is 1. The van der Waals surface area contributed by atoms with Gasteiger partial charge in [0.15, 0.2) is 0 Å². The van der Waals surface area contributed by atoms with Gasteiger partial charge in [0, 0.05) is 24.7 Å². The van der Waals surface area contributed by atoms with Crippen molar-refractivity contribution in [2.24, 2.45) is 5.73 Å². The Morgan fingerprint density at radius 3 is 2.53 bits per heavy atom. The van der Waals surface area contributed by atoms with Gasteiger partial charge in [0.05, 0.1) is 24.7 Å². The molecule has 3 rings (SSSR count). The predicted molar refractivity (Wildman–Crippen MR) is 112 cm³/mol. The van der Waals surface area contributed by atoms with Gasteiger partial charge in [0.2, 0.25) is 5.88 Å². The molecule has 1 aromatic carbocycles. The van der Waals surface area contributed by atoms with Gasteiger partial charge in [-0.25, -0.2) is 4.79 Å². The molecule has 2 amide bonds. The Morgan fingerprint density at radius 1 is 1.25 bits per heavy atom. The van der Waals surface area contributed by atoms with Crippen LogP contribution in [0.5, 0.6) is 0 Å². The summed E-state index contributed by atoms with van der Waals surface area (Å²) < 4.78 is 15.5. The van der Waals surface area contributed by atoms with Crippen molar-refractivity contribution in [2.75, 3.05) is 43.1 Å². The van der Waals surface area contributed by atoms with Gasteiger partial charge in [-0.1, -0.05) is 0 Å². The Morgan fingerprint density at radius 2 is 1.94 bits per heavy atom. The van der Waals surface area contributed by atoms with Crippen molar-refractivity contribution in [3.8, 4) is 0 Å². The first kappa shape index (κ1) is 22.7. The fraction of sp³-hybridized carbons (Fsp3) is 0.350. The highest BCUT2D eigenvalue weighted by atomic mass is 16.6. The second kappa shape index (κ2) is 9.47. The Bertz CT molecular complexity index is 1070. The number of aryl methyl sites for hydroxylation is 1. The van der Waals surface area contributed by atoms with Gasteiger partial charge in [0.25, 0.3) is 17.5 Å². The minimum atomic E-state index is -1.01. The van der Waals surface area contributed by atoms with E-state index in [4.69, 9.17) is 19.6 Å². The molecule has 32 heavy (non-hydrogen) atoms. The molecule has 0 atom stereocenters. The Hall–Kier alpha value is -3.93. The third-order valence-corrected chi connectivity index (χ3v) is 4.82. The number of nitro benzene ring substituents is 1. The molecule has 1 fully saturated rings. The normalized spacial score (nSPS) is 13.5. The van der Waals surface area contributed by atoms with Crippen molar-refractivity contribution >= 4 is 35.0 Å². The van der Waals surface area contributed by atoms with Gasteiger partial charge in [0.1, 0.15) is 22.6 Å². The number of nitrogens with two attached hydrogens (primary N) is 1. The standard InChI is InChI=1S/C20H22N4O8/c1-3-31-20(27)15-11(2)32-19(16(15)17(21)25)22-18(26)12-4-5-13(14(10-12)24(28)29)23-6-8-30-9-7-23/h4-5,10H,3,6-9H2,1-2H3,(H2,21,25)(H,22,26). The van der Waals surface area contributed by atoms with E-state index >= 15 is 0 Å². The summed E-state index contributed by atoms with van der Waals surface area (Å²) in [7, 11) is 0. The molecular weight excluding hydrogens is 424 g/mol. The third-order valence-electron chi connectivity index (χ3n) is 4.82. The number of nitrogens with zero attached hydrogens (tertiary/aromatic N) is 2. The van der Waals surface area contributed by atoms with Gasteiger partial charge >= 0.3 is 5.97 Å². The number of esters is 1. The maximum Gasteiger partial charge on any atom is 0.342 e. The SMILES string of the molecule is CCOC(=O)c1c(C)oc(NC(=O)c2ccc(N3CCOCC3)c([N+](=O)[O-])c2)c1C(N)=O. The van der Waals surface area contributed by atoms with Gasteiger partial charge < -0.3 is 24.5 Å². The molecule has 12 heteroatoms. The number of furan rings is 1. The maximum atomic E-state index is 12.8. The number of morpholine rings is 1. The molecule has 12 nitrogen and oxygen atoms in total. The first-order chi connectivity index (χ1) is 15.2. The topological polar surface area (TPSA) is 167 Å². The van der Waals surface area contributed by atoms with Crippen LogP contribution in [-0.4, -0.2) is 55.6 Å². The Labute approximate surface area is 182 Å². The van der Waals surface area contributed by atoms with E-state index in [2.05, 4.69) is 5.32 Å². The average Bonchev–Trinajstić information content (AvgIpc) is 3.09. The van der Waals surface area contributed by atoms with E-state index in [9.17, 15) is 24.5 Å². The number of carbonyl (C=O) groups is 3. The highest BCUT2D eigenvalue weighted by Gasteiger charge is 2.30. The number of hydrogen-bond donors (Lipinski definition) is 2. The monoisotopic (exact) mass is 446 g/mol. The maximum absolute atomic E-state index is 12.8. The summed E-state index contributed by atoms with van der Waals surface area (Å²) in [5, 5.41) is 14.0. The zero-order valence-electron chi connectivity index (χ0n) is 17.5. The molecule has 0 bridgehead atoms. The lowest BCUT2D eigenvalue weighted by atomic mass is 10.1. The van der Waals surface area contributed by atoms with Gasteiger partial charge in [-0.3, -0.25) is 25.0 Å². The van der Waals surface area contributed by atoms with Crippen LogP contribution < -0.4 is 16.0 Å². The fourth-order valence-electron chi connectivity index (χ4n) is 3.37. The van der Waals surface area contributed by atoms with E-state index in [1.54, 1.807) is 11.8 Å². The van der Waals surface area contributed by atoms with Gasteiger partial charge in [-0.05, 0) is 26.0 Å². The van der Waals surface area contributed by atoms with Gasteiger partial charge in [-0.2, -0.15) is 0 Å². The van der Waals surface area contributed by atoms with Crippen molar-refractivity contribution in [1.29, 1.82) is 0 Å². The molecule has 0 aliphatic carbocycles. The minimum absolute atomic E-state index is 0.0289. The molecule has 170 valence electrons. The molecule has 2 heterocycles. The highest BCUT2D eigenvalue weighted by Crippen LogP contribution is 2.31. The van der Waals surface area contributed by atoms with E-state index in [0.29, 0.717) is 32.0 Å². The second-order valence-electron chi connectivity index (χ2n) is 6.84. The fourth-order valence-corrected chi connectivity index (χ4v) is 3.37. The van der Waals surface area contributed by atoms with E-state index in [1.807, 2.05) is 0 Å². The first-order valence-corrected chi connectivity index (χ1v) is 9.77. The quantitative estimate of drug-likeness (QED) is 0.366. The van der Waals surface area contributed by atoms with Crippen LogP contribution in [0.15, 0.2) is 22.6 Å². The van der Waals surface area contributed by atoms with E-state index in [0.717, 1.165) is 6.07 Å². The van der Waals surface area contributed by atoms with E-state index in [-0.39, 0.29) is 40.6 Å². The van der Waals surface area contributed by atoms with Crippen molar-refractivity contribution in [2.45, 2.75) is 13.8 Å². The lowest BCUT2D eigenvalue weighted by Gasteiger charge is -2.28. The molecule has 0 radical (unpaired) electrons.